The molecular formula is C11H17FN2O4S. The van der Waals surface area contributed by atoms with Gasteiger partial charge in [-0.2, -0.15) is 0 Å². The summed E-state index contributed by atoms with van der Waals surface area (Å²) in [5.41, 5.74) is -0.427. The summed E-state index contributed by atoms with van der Waals surface area (Å²) in [4.78, 5) is 6.19. The number of likely N-dealkylation sites (tertiary alicyclic amines) is 1. The molecule has 0 unspecified atom stereocenters. The summed E-state index contributed by atoms with van der Waals surface area (Å²) >= 11 is 1.32. The number of aliphatic hydroxyl groups excluding tert-OH is 3. The number of nitrogens with zero attached hydrogens (tertiary/aromatic N) is 2. The maximum atomic E-state index is 13.2. The molecule has 6 atom stereocenters. The van der Waals surface area contributed by atoms with E-state index in [4.69, 9.17) is 9.84 Å². The van der Waals surface area contributed by atoms with E-state index in [1.807, 2.05) is 4.90 Å². The normalized spacial score (nSPS) is 46.3. The van der Waals surface area contributed by atoms with Crippen LogP contribution in [0, 0.1) is 0 Å². The minimum Gasteiger partial charge on any atom is -0.394 e. The number of alkyl halides is 1. The lowest BCUT2D eigenvalue weighted by atomic mass is 9.99. The predicted octanol–water partition coefficient (Wildman–Crippen LogP) is -1.06. The number of aliphatic hydroxyl groups is 3. The fraction of sp³-hybridized carbons (Fsp3) is 0.909. The van der Waals surface area contributed by atoms with Crippen LogP contribution in [0.15, 0.2) is 4.99 Å². The highest BCUT2D eigenvalue weighted by Gasteiger charge is 2.49. The summed E-state index contributed by atoms with van der Waals surface area (Å²) in [6.07, 6.45) is -3.37. The van der Waals surface area contributed by atoms with Gasteiger partial charge in [0.25, 0.3) is 0 Å². The molecule has 3 rings (SSSR count). The second kappa shape index (κ2) is 5.17. The Balaban J connectivity index is 1.72. The number of thioether (sulfide) groups is 1. The second-order valence-electron chi connectivity index (χ2n) is 5.06. The number of hydrogen-bond donors (Lipinski definition) is 3. The maximum absolute atomic E-state index is 13.2. The molecule has 108 valence electrons. The van der Waals surface area contributed by atoms with Gasteiger partial charge in [0.1, 0.15) is 36.0 Å². The van der Waals surface area contributed by atoms with E-state index < -0.39 is 36.0 Å². The molecule has 0 aromatic heterocycles. The highest BCUT2D eigenvalue weighted by molar-refractivity contribution is 8.14. The van der Waals surface area contributed by atoms with Gasteiger partial charge in [-0.15, -0.1) is 0 Å². The molecule has 3 N–H and O–H groups in total. The second-order valence-corrected chi connectivity index (χ2v) is 6.12. The van der Waals surface area contributed by atoms with Crippen LogP contribution in [0.4, 0.5) is 4.39 Å². The lowest BCUT2D eigenvalue weighted by Gasteiger charge is -2.37. The van der Waals surface area contributed by atoms with Crippen molar-refractivity contribution in [2.75, 3.05) is 19.7 Å². The molecule has 0 spiro atoms. The molecular weight excluding hydrogens is 275 g/mol. The van der Waals surface area contributed by atoms with Crippen LogP contribution >= 0.6 is 11.8 Å². The molecule has 0 bridgehead atoms. The van der Waals surface area contributed by atoms with E-state index in [1.165, 1.54) is 11.8 Å². The van der Waals surface area contributed by atoms with E-state index in [0.29, 0.717) is 24.7 Å². The standard InChI is InChI=1S/C11H17FN2O4S/c12-5-1-2-14(3-5)11-13-7-9(17)8(16)6(4-15)18-10(7)19-11/h5-10,15-17H,1-4H2/t5-,6+,7+,8+,9+,10+/m0/s1. The molecule has 2 saturated heterocycles. The molecule has 2 fully saturated rings. The number of rotatable bonds is 1. The van der Waals surface area contributed by atoms with E-state index in [0.717, 1.165) is 0 Å². The zero-order valence-electron chi connectivity index (χ0n) is 10.2. The molecule has 0 saturated carbocycles. The molecule has 0 radical (unpaired) electrons. The third-order valence-electron chi connectivity index (χ3n) is 3.73. The minimum absolute atomic E-state index is 0.313. The lowest BCUT2D eigenvalue weighted by Crippen LogP contribution is -2.55. The first kappa shape index (κ1) is 13.6. The predicted molar refractivity (Wildman–Crippen MR) is 67.7 cm³/mol. The zero-order valence-corrected chi connectivity index (χ0v) is 11.0. The molecule has 3 aliphatic rings. The van der Waals surface area contributed by atoms with Gasteiger partial charge >= 0.3 is 0 Å². The van der Waals surface area contributed by atoms with Crippen molar-refractivity contribution in [1.29, 1.82) is 0 Å². The lowest BCUT2D eigenvalue weighted by molar-refractivity contribution is -0.164. The van der Waals surface area contributed by atoms with Crippen molar-refractivity contribution in [3.63, 3.8) is 0 Å². The van der Waals surface area contributed by atoms with Crippen LogP contribution in [0.25, 0.3) is 0 Å². The van der Waals surface area contributed by atoms with Crippen LogP contribution in [-0.4, -0.2) is 81.0 Å². The summed E-state index contributed by atoms with van der Waals surface area (Å²) < 4.78 is 18.7. The first-order valence-electron chi connectivity index (χ1n) is 6.36. The summed E-state index contributed by atoms with van der Waals surface area (Å²) in [5, 5.41) is 29.6. The molecule has 0 aromatic carbocycles. The Hall–Kier alpha value is -0.410. The third-order valence-corrected chi connectivity index (χ3v) is 4.93. The van der Waals surface area contributed by atoms with Gasteiger partial charge in [0.15, 0.2) is 5.17 Å². The summed E-state index contributed by atoms with van der Waals surface area (Å²) in [6.45, 7) is 0.565. The minimum atomic E-state index is -1.15. The number of halogens is 1. The molecule has 19 heavy (non-hydrogen) atoms. The number of amidine groups is 1. The van der Waals surface area contributed by atoms with Gasteiger partial charge in [0, 0.05) is 6.54 Å². The van der Waals surface area contributed by atoms with Crippen LogP contribution in [0.5, 0.6) is 0 Å². The topological polar surface area (TPSA) is 85.5 Å². The number of fused-ring (bicyclic) bond motifs is 1. The molecule has 3 heterocycles. The van der Waals surface area contributed by atoms with Gasteiger partial charge in [-0.3, -0.25) is 4.99 Å². The van der Waals surface area contributed by atoms with Gasteiger partial charge < -0.3 is 25.0 Å². The van der Waals surface area contributed by atoms with E-state index in [-0.39, 0.29) is 6.61 Å². The number of aliphatic imine (C=N–C) groups is 1. The Morgan fingerprint density at radius 3 is 2.84 bits per heavy atom. The van der Waals surface area contributed by atoms with Crippen molar-refractivity contribution >= 4 is 16.9 Å². The first-order valence-corrected chi connectivity index (χ1v) is 7.24. The van der Waals surface area contributed by atoms with Crippen LogP contribution in [0.3, 0.4) is 0 Å². The van der Waals surface area contributed by atoms with Crippen LogP contribution < -0.4 is 0 Å². The highest BCUT2D eigenvalue weighted by atomic mass is 32.2. The summed E-state index contributed by atoms with van der Waals surface area (Å²) in [7, 11) is 0. The quantitative estimate of drug-likeness (QED) is 0.571. The monoisotopic (exact) mass is 292 g/mol. The molecule has 3 aliphatic heterocycles. The highest BCUT2D eigenvalue weighted by Crippen LogP contribution is 2.38. The third kappa shape index (κ3) is 2.36. The molecule has 0 aromatic rings. The Morgan fingerprint density at radius 2 is 2.21 bits per heavy atom. The first-order chi connectivity index (χ1) is 9.10. The Bertz CT molecular complexity index is 386. The van der Waals surface area contributed by atoms with Crippen molar-refractivity contribution in [3.05, 3.63) is 0 Å². The smallest absolute Gasteiger partial charge is 0.162 e. The SMILES string of the molecule is OC[C@H]1O[C@@H]2SC(N3CC[C@H](F)C3)=N[C@@H]2[C@@H](O)[C@@H]1O. The fourth-order valence-electron chi connectivity index (χ4n) is 2.61. The van der Waals surface area contributed by atoms with Crippen LogP contribution in [0.1, 0.15) is 6.42 Å². The maximum Gasteiger partial charge on any atom is 0.162 e. The average Bonchev–Trinajstić information content (AvgIpc) is 2.99. The molecule has 6 nitrogen and oxygen atoms in total. The van der Waals surface area contributed by atoms with Gasteiger partial charge in [0.05, 0.1) is 13.2 Å². The van der Waals surface area contributed by atoms with Gasteiger partial charge in [-0.25, -0.2) is 4.39 Å². The zero-order chi connectivity index (χ0) is 13.6. The molecule has 0 aliphatic carbocycles. The number of ether oxygens (including phenoxy) is 1. The Kier molecular flexibility index (Phi) is 3.69. The van der Waals surface area contributed by atoms with Crippen molar-refractivity contribution in [2.24, 2.45) is 4.99 Å². The van der Waals surface area contributed by atoms with Crippen LogP contribution in [-0.2, 0) is 4.74 Å². The van der Waals surface area contributed by atoms with Crippen molar-refractivity contribution in [3.8, 4) is 0 Å². The van der Waals surface area contributed by atoms with Crippen molar-refractivity contribution in [2.45, 2.75) is 42.4 Å². The Labute approximate surface area is 114 Å². The van der Waals surface area contributed by atoms with Gasteiger partial charge in [-0.1, -0.05) is 11.8 Å². The fourth-order valence-corrected chi connectivity index (χ4v) is 3.88. The van der Waals surface area contributed by atoms with Crippen LogP contribution in [0.2, 0.25) is 0 Å². The van der Waals surface area contributed by atoms with Crippen molar-refractivity contribution < 1.29 is 24.4 Å². The Morgan fingerprint density at radius 1 is 1.42 bits per heavy atom. The van der Waals surface area contributed by atoms with E-state index in [9.17, 15) is 14.6 Å². The summed E-state index contributed by atoms with van der Waals surface area (Å²) in [6, 6.07) is -0.559. The van der Waals surface area contributed by atoms with Gasteiger partial charge in [0.2, 0.25) is 0 Å². The molecule has 8 heteroatoms. The number of hydrogen-bond acceptors (Lipinski definition) is 7. The summed E-state index contributed by atoms with van der Waals surface area (Å²) in [5.74, 6) is 0. The van der Waals surface area contributed by atoms with Crippen molar-refractivity contribution in [1.82, 2.24) is 4.90 Å². The molecule has 0 amide bonds. The van der Waals surface area contributed by atoms with E-state index >= 15 is 0 Å². The van der Waals surface area contributed by atoms with E-state index in [1.54, 1.807) is 0 Å². The van der Waals surface area contributed by atoms with E-state index in [2.05, 4.69) is 4.99 Å². The largest absolute Gasteiger partial charge is 0.394 e. The van der Waals surface area contributed by atoms with Gasteiger partial charge in [-0.05, 0) is 6.42 Å². The average molecular weight is 292 g/mol.